The number of carbonyl (C=O) groups excluding carboxylic acids is 2. The van der Waals surface area contributed by atoms with Crippen LogP contribution in [-0.2, 0) is 0 Å². The number of rotatable bonds is 5. The molecular formula is C23H18ClNO5. The predicted octanol–water partition coefficient (Wildman–Crippen LogP) is 4.60. The third-order valence-electron chi connectivity index (χ3n) is 4.61. The number of fused-ring (bicyclic) bond motifs is 1. The number of ketones is 1. The minimum atomic E-state index is -0.391. The molecule has 3 aromatic carbocycles. The van der Waals surface area contributed by atoms with E-state index in [1.54, 1.807) is 67.8 Å². The summed E-state index contributed by atoms with van der Waals surface area (Å²) < 4.78 is 16.4. The van der Waals surface area contributed by atoms with Crippen molar-refractivity contribution in [3.05, 3.63) is 82.4 Å². The van der Waals surface area contributed by atoms with E-state index in [1.165, 1.54) is 0 Å². The molecule has 1 heterocycles. The Labute approximate surface area is 178 Å². The smallest absolute Gasteiger partial charge is 0.255 e. The van der Waals surface area contributed by atoms with Crippen molar-refractivity contribution in [3.63, 3.8) is 0 Å². The summed E-state index contributed by atoms with van der Waals surface area (Å²) in [6.45, 7) is 0.776. The van der Waals surface area contributed by atoms with Gasteiger partial charge in [-0.3, -0.25) is 9.59 Å². The Morgan fingerprint density at radius 3 is 2.30 bits per heavy atom. The number of carbonyl (C=O) groups is 2. The molecule has 4 rings (SSSR count). The van der Waals surface area contributed by atoms with Crippen LogP contribution in [0.4, 0.5) is 5.69 Å². The lowest BCUT2D eigenvalue weighted by molar-refractivity contribution is 0.102. The summed E-state index contributed by atoms with van der Waals surface area (Å²) in [5.74, 6) is 0.907. The fourth-order valence-corrected chi connectivity index (χ4v) is 3.29. The van der Waals surface area contributed by atoms with Crippen LogP contribution in [0.15, 0.2) is 60.7 Å². The van der Waals surface area contributed by atoms with Crippen molar-refractivity contribution < 1.29 is 23.8 Å². The number of methoxy groups -OCH3 is 1. The Balaban J connectivity index is 1.72. The molecule has 0 spiro atoms. The van der Waals surface area contributed by atoms with Crippen molar-refractivity contribution in [1.82, 2.24) is 0 Å². The minimum Gasteiger partial charge on any atom is -0.497 e. The molecule has 0 saturated carbocycles. The lowest BCUT2D eigenvalue weighted by Gasteiger charge is -2.21. The van der Waals surface area contributed by atoms with E-state index in [0.29, 0.717) is 57.9 Å². The van der Waals surface area contributed by atoms with E-state index in [-0.39, 0.29) is 5.78 Å². The van der Waals surface area contributed by atoms with Crippen LogP contribution in [0, 0.1) is 0 Å². The van der Waals surface area contributed by atoms with Gasteiger partial charge in [-0.05, 0) is 48.5 Å². The zero-order chi connectivity index (χ0) is 21.1. The maximum absolute atomic E-state index is 13.2. The minimum absolute atomic E-state index is 0.268. The number of amides is 1. The Hall–Kier alpha value is -3.51. The molecule has 0 bridgehead atoms. The van der Waals surface area contributed by atoms with Crippen LogP contribution in [-0.4, -0.2) is 32.0 Å². The SMILES string of the molecule is COc1ccc(C(=O)c2cc3c(cc2NC(=O)c2cccc(Cl)c2)OCCO3)cc1. The van der Waals surface area contributed by atoms with Crippen molar-refractivity contribution in [2.45, 2.75) is 0 Å². The Morgan fingerprint density at radius 2 is 1.63 bits per heavy atom. The lowest BCUT2D eigenvalue weighted by atomic mass is 10.00. The van der Waals surface area contributed by atoms with Crippen molar-refractivity contribution >= 4 is 29.0 Å². The molecule has 1 amide bonds. The molecule has 0 fully saturated rings. The summed E-state index contributed by atoms with van der Waals surface area (Å²) in [5.41, 5.74) is 1.44. The van der Waals surface area contributed by atoms with Gasteiger partial charge in [0.25, 0.3) is 5.91 Å². The van der Waals surface area contributed by atoms with Gasteiger partial charge in [-0.15, -0.1) is 0 Å². The van der Waals surface area contributed by atoms with Gasteiger partial charge in [0.1, 0.15) is 19.0 Å². The van der Waals surface area contributed by atoms with Crippen LogP contribution in [0.2, 0.25) is 5.02 Å². The van der Waals surface area contributed by atoms with Crippen LogP contribution >= 0.6 is 11.6 Å². The monoisotopic (exact) mass is 423 g/mol. The summed E-state index contributed by atoms with van der Waals surface area (Å²) in [5, 5.41) is 3.24. The quantitative estimate of drug-likeness (QED) is 0.607. The van der Waals surface area contributed by atoms with E-state index >= 15 is 0 Å². The molecule has 1 N–H and O–H groups in total. The largest absolute Gasteiger partial charge is 0.497 e. The second-order valence-electron chi connectivity index (χ2n) is 6.56. The Morgan fingerprint density at radius 1 is 0.933 bits per heavy atom. The van der Waals surface area contributed by atoms with Gasteiger partial charge in [-0.1, -0.05) is 17.7 Å². The molecule has 6 nitrogen and oxygen atoms in total. The normalized spacial score (nSPS) is 12.2. The molecule has 7 heteroatoms. The van der Waals surface area contributed by atoms with Gasteiger partial charge in [0, 0.05) is 22.2 Å². The van der Waals surface area contributed by atoms with Gasteiger partial charge in [-0.25, -0.2) is 0 Å². The molecule has 1 aliphatic heterocycles. The predicted molar refractivity (Wildman–Crippen MR) is 113 cm³/mol. The maximum Gasteiger partial charge on any atom is 0.255 e. The fraction of sp³-hybridized carbons (Fsp3) is 0.130. The summed E-state index contributed by atoms with van der Waals surface area (Å²) in [4.78, 5) is 26.0. The van der Waals surface area contributed by atoms with Gasteiger partial charge in [-0.2, -0.15) is 0 Å². The van der Waals surface area contributed by atoms with Gasteiger partial charge < -0.3 is 19.5 Å². The molecular weight excluding hydrogens is 406 g/mol. The van der Waals surface area contributed by atoms with Crippen molar-refractivity contribution in [2.75, 3.05) is 25.6 Å². The lowest BCUT2D eigenvalue weighted by Crippen LogP contribution is -2.19. The summed E-state index contributed by atoms with van der Waals surface area (Å²) in [6, 6.07) is 16.5. The number of nitrogens with one attached hydrogen (secondary N) is 1. The van der Waals surface area contributed by atoms with E-state index < -0.39 is 5.91 Å². The second-order valence-corrected chi connectivity index (χ2v) is 7.00. The van der Waals surface area contributed by atoms with Crippen molar-refractivity contribution in [2.24, 2.45) is 0 Å². The van der Waals surface area contributed by atoms with E-state index in [4.69, 9.17) is 25.8 Å². The Bertz CT molecular complexity index is 1110. The second kappa shape index (κ2) is 8.47. The van der Waals surface area contributed by atoms with Crippen LogP contribution in [0.25, 0.3) is 0 Å². The average molecular weight is 424 g/mol. The van der Waals surface area contributed by atoms with Crippen LogP contribution < -0.4 is 19.5 Å². The van der Waals surface area contributed by atoms with Crippen molar-refractivity contribution in [1.29, 1.82) is 0 Å². The highest BCUT2D eigenvalue weighted by molar-refractivity contribution is 6.31. The van der Waals surface area contributed by atoms with Gasteiger partial charge in [0.2, 0.25) is 0 Å². The number of benzene rings is 3. The molecule has 0 aliphatic carbocycles. The molecule has 0 saturated heterocycles. The first-order valence-electron chi connectivity index (χ1n) is 9.24. The third-order valence-corrected chi connectivity index (χ3v) is 4.85. The molecule has 0 radical (unpaired) electrons. The molecule has 3 aromatic rings. The van der Waals surface area contributed by atoms with E-state index in [0.717, 1.165) is 0 Å². The van der Waals surface area contributed by atoms with Gasteiger partial charge >= 0.3 is 0 Å². The highest BCUT2D eigenvalue weighted by Crippen LogP contribution is 2.37. The van der Waals surface area contributed by atoms with Crippen molar-refractivity contribution in [3.8, 4) is 17.2 Å². The summed E-state index contributed by atoms with van der Waals surface area (Å²) in [7, 11) is 1.56. The molecule has 0 unspecified atom stereocenters. The van der Waals surface area contributed by atoms with E-state index in [2.05, 4.69) is 5.32 Å². The Kier molecular flexibility index (Phi) is 5.59. The average Bonchev–Trinajstić information content (AvgIpc) is 2.78. The van der Waals surface area contributed by atoms with Crippen LogP contribution in [0.3, 0.4) is 0 Å². The molecule has 0 atom stereocenters. The molecule has 30 heavy (non-hydrogen) atoms. The molecule has 152 valence electrons. The van der Waals surface area contributed by atoms with Crippen LogP contribution in [0.5, 0.6) is 17.2 Å². The number of anilines is 1. The van der Waals surface area contributed by atoms with Gasteiger partial charge in [0.05, 0.1) is 18.4 Å². The number of ether oxygens (including phenoxy) is 3. The van der Waals surface area contributed by atoms with E-state index in [9.17, 15) is 9.59 Å². The zero-order valence-corrected chi connectivity index (χ0v) is 16.9. The number of halogens is 1. The zero-order valence-electron chi connectivity index (χ0n) is 16.1. The standard InChI is InChI=1S/C23H18ClNO5/c1-28-17-7-5-14(6-8-17)22(26)18-12-20-21(30-10-9-29-20)13-19(18)25-23(27)15-3-2-4-16(24)11-15/h2-8,11-13H,9-10H2,1H3,(H,25,27). The van der Waals surface area contributed by atoms with E-state index in [1.807, 2.05) is 0 Å². The molecule has 0 aromatic heterocycles. The molecule has 1 aliphatic rings. The number of hydrogen-bond donors (Lipinski definition) is 1. The first kappa shape index (κ1) is 19.8. The first-order chi connectivity index (χ1) is 14.5. The summed E-state index contributed by atoms with van der Waals surface area (Å²) >= 11 is 5.99. The highest BCUT2D eigenvalue weighted by atomic mass is 35.5. The highest BCUT2D eigenvalue weighted by Gasteiger charge is 2.22. The maximum atomic E-state index is 13.2. The number of hydrogen-bond acceptors (Lipinski definition) is 5. The fourth-order valence-electron chi connectivity index (χ4n) is 3.10. The summed E-state index contributed by atoms with van der Waals surface area (Å²) in [6.07, 6.45) is 0. The third kappa shape index (κ3) is 4.09. The van der Waals surface area contributed by atoms with Crippen LogP contribution in [0.1, 0.15) is 26.3 Å². The van der Waals surface area contributed by atoms with Gasteiger partial charge in [0.15, 0.2) is 17.3 Å². The first-order valence-corrected chi connectivity index (χ1v) is 9.62. The topological polar surface area (TPSA) is 73.9 Å².